The van der Waals surface area contributed by atoms with Crippen LogP contribution in [0.25, 0.3) is 0 Å². The molecule has 0 unspecified atom stereocenters. The molecule has 2 aromatic rings. The summed E-state index contributed by atoms with van der Waals surface area (Å²) < 4.78 is 32.1. The summed E-state index contributed by atoms with van der Waals surface area (Å²) in [6.45, 7) is 1.12. The van der Waals surface area contributed by atoms with E-state index in [-0.39, 0.29) is 12.1 Å². The molecule has 0 bridgehead atoms. The zero-order valence-corrected chi connectivity index (χ0v) is 13.0. The summed E-state index contributed by atoms with van der Waals surface area (Å²) in [5.74, 6) is -2.19. The quantitative estimate of drug-likeness (QED) is 0.881. The topological polar surface area (TPSA) is 64.4 Å². The maximum atomic E-state index is 13.4. The summed E-state index contributed by atoms with van der Waals surface area (Å²) in [6.07, 6.45) is 0.457. The fourth-order valence-electron chi connectivity index (χ4n) is 2.65. The van der Waals surface area contributed by atoms with Crippen LogP contribution in [-0.2, 0) is 11.3 Å². The largest absolute Gasteiger partial charge is 0.372 e. The molecule has 2 atom stereocenters. The number of nitrogens with two attached hydrogens (primary N) is 1. The molecule has 0 saturated carbocycles. The lowest BCUT2D eigenvalue weighted by Crippen LogP contribution is -2.31. The smallest absolute Gasteiger partial charge is 0.249 e. The van der Waals surface area contributed by atoms with E-state index < -0.39 is 17.5 Å². The number of carbonyl (C=O) groups is 1. The Labute approximate surface area is 136 Å². The molecule has 1 aromatic heterocycles. The lowest BCUT2D eigenvalue weighted by atomic mass is 10.0. The lowest BCUT2D eigenvalue weighted by Gasteiger charge is -2.20. The normalized spacial score (nSPS) is 20.8. The molecule has 0 spiro atoms. The van der Waals surface area contributed by atoms with Crippen molar-refractivity contribution >= 4 is 17.2 Å². The SMILES string of the molecule is NC(=O)c1csc(CN[C@@H]2CCO[C@@H]2c2ccc(F)c(F)c2)c1. The molecule has 4 nitrogen and oxygen atoms in total. The minimum atomic E-state index is -0.874. The van der Waals surface area contributed by atoms with Crippen LogP contribution in [0.5, 0.6) is 0 Å². The second-order valence-electron chi connectivity index (χ2n) is 5.41. The number of hydrogen-bond donors (Lipinski definition) is 2. The molecule has 23 heavy (non-hydrogen) atoms. The number of amides is 1. The third-order valence-corrected chi connectivity index (χ3v) is 4.78. The van der Waals surface area contributed by atoms with Crippen molar-refractivity contribution in [3.8, 4) is 0 Å². The first-order chi connectivity index (χ1) is 11.0. The predicted molar refractivity (Wildman–Crippen MR) is 83.1 cm³/mol. The van der Waals surface area contributed by atoms with Crippen molar-refractivity contribution in [1.29, 1.82) is 0 Å². The number of benzene rings is 1. The van der Waals surface area contributed by atoms with Crippen molar-refractivity contribution in [3.05, 3.63) is 57.3 Å². The molecule has 2 heterocycles. The molecule has 0 aliphatic carbocycles. The van der Waals surface area contributed by atoms with Crippen LogP contribution in [0.2, 0.25) is 0 Å². The average molecular weight is 338 g/mol. The maximum absolute atomic E-state index is 13.4. The molecule has 3 N–H and O–H groups in total. The Morgan fingerprint density at radius 3 is 2.87 bits per heavy atom. The van der Waals surface area contributed by atoms with Crippen molar-refractivity contribution in [2.24, 2.45) is 5.73 Å². The number of nitrogens with one attached hydrogen (secondary N) is 1. The fourth-order valence-corrected chi connectivity index (χ4v) is 3.47. The number of ether oxygens (including phenoxy) is 1. The highest BCUT2D eigenvalue weighted by molar-refractivity contribution is 7.10. The number of carbonyl (C=O) groups excluding carboxylic acids is 1. The third-order valence-electron chi connectivity index (χ3n) is 3.84. The van der Waals surface area contributed by atoms with E-state index in [1.807, 2.05) is 0 Å². The Bertz CT molecular complexity index is 720. The standard InChI is InChI=1S/C16H16F2N2O2S/c17-12-2-1-9(6-13(12)18)15-14(3-4-22-15)20-7-11-5-10(8-23-11)16(19)21/h1-2,5-6,8,14-15,20H,3-4,7H2,(H2,19,21)/t14-,15-/m1/s1. The molecular formula is C16H16F2N2O2S. The highest BCUT2D eigenvalue weighted by Gasteiger charge is 2.30. The van der Waals surface area contributed by atoms with Gasteiger partial charge in [0.1, 0.15) is 0 Å². The maximum Gasteiger partial charge on any atom is 0.249 e. The van der Waals surface area contributed by atoms with Gasteiger partial charge in [0.15, 0.2) is 11.6 Å². The van der Waals surface area contributed by atoms with E-state index in [2.05, 4.69) is 5.32 Å². The number of thiophene rings is 1. The van der Waals surface area contributed by atoms with Crippen LogP contribution in [0.3, 0.4) is 0 Å². The summed E-state index contributed by atoms with van der Waals surface area (Å²) in [5, 5.41) is 5.07. The van der Waals surface area contributed by atoms with Gasteiger partial charge in [-0.05, 0) is 30.2 Å². The van der Waals surface area contributed by atoms with E-state index >= 15 is 0 Å². The van der Waals surface area contributed by atoms with Gasteiger partial charge in [0.05, 0.1) is 11.7 Å². The predicted octanol–water partition coefficient (Wildman–Crippen LogP) is 2.75. The zero-order chi connectivity index (χ0) is 16.4. The summed E-state index contributed by atoms with van der Waals surface area (Å²) in [5.41, 5.74) is 6.34. The Hall–Kier alpha value is -1.83. The highest BCUT2D eigenvalue weighted by atomic mass is 32.1. The van der Waals surface area contributed by atoms with Crippen molar-refractivity contribution in [2.75, 3.05) is 6.61 Å². The minimum absolute atomic E-state index is 0.000936. The molecule has 3 rings (SSSR count). The fraction of sp³-hybridized carbons (Fsp3) is 0.312. The lowest BCUT2D eigenvalue weighted by molar-refractivity contribution is 0.0981. The minimum Gasteiger partial charge on any atom is -0.372 e. The summed E-state index contributed by atoms with van der Waals surface area (Å²) in [6, 6.07) is 5.58. The van der Waals surface area contributed by atoms with Crippen molar-refractivity contribution < 1.29 is 18.3 Å². The van der Waals surface area contributed by atoms with Crippen LogP contribution < -0.4 is 11.1 Å². The van der Waals surface area contributed by atoms with Crippen LogP contribution >= 0.6 is 11.3 Å². The number of rotatable bonds is 5. The first-order valence-corrected chi connectivity index (χ1v) is 8.09. The van der Waals surface area contributed by atoms with E-state index in [0.717, 1.165) is 17.4 Å². The molecule has 0 radical (unpaired) electrons. The Balaban J connectivity index is 1.66. The Morgan fingerprint density at radius 2 is 2.17 bits per heavy atom. The average Bonchev–Trinajstić information content (AvgIpc) is 3.16. The second-order valence-corrected chi connectivity index (χ2v) is 6.40. The van der Waals surface area contributed by atoms with Gasteiger partial charge < -0.3 is 15.8 Å². The van der Waals surface area contributed by atoms with Gasteiger partial charge in [-0.1, -0.05) is 6.07 Å². The van der Waals surface area contributed by atoms with Crippen LogP contribution in [0.15, 0.2) is 29.6 Å². The van der Waals surface area contributed by atoms with Gasteiger partial charge in [0.2, 0.25) is 5.91 Å². The van der Waals surface area contributed by atoms with Gasteiger partial charge >= 0.3 is 0 Å². The van der Waals surface area contributed by atoms with Crippen LogP contribution in [0, 0.1) is 11.6 Å². The molecule has 1 aliphatic rings. The van der Waals surface area contributed by atoms with E-state index in [0.29, 0.717) is 24.3 Å². The van der Waals surface area contributed by atoms with Crippen molar-refractivity contribution in [3.63, 3.8) is 0 Å². The van der Waals surface area contributed by atoms with E-state index in [1.165, 1.54) is 17.4 Å². The van der Waals surface area contributed by atoms with Crippen LogP contribution in [0.1, 0.15) is 33.3 Å². The van der Waals surface area contributed by atoms with E-state index in [1.54, 1.807) is 17.5 Å². The van der Waals surface area contributed by atoms with Crippen molar-refractivity contribution in [1.82, 2.24) is 5.32 Å². The highest BCUT2D eigenvalue weighted by Crippen LogP contribution is 2.30. The molecule has 1 saturated heterocycles. The summed E-state index contributed by atoms with van der Waals surface area (Å²) in [4.78, 5) is 12.1. The molecule has 1 aliphatic heterocycles. The molecule has 7 heteroatoms. The number of primary amides is 1. The molecule has 1 fully saturated rings. The van der Waals surface area contributed by atoms with Crippen LogP contribution in [-0.4, -0.2) is 18.6 Å². The molecule has 122 valence electrons. The second kappa shape index (κ2) is 6.74. The first-order valence-electron chi connectivity index (χ1n) is 7.22. The molecule has 1 amide bonds. The van der Waals surface area contributed by atoms with E-state index in [4.69, 9.17) is 10.5 Å². The molecule has 1 aromatic carbocycles. The van der Waals surface area contributed by atoms with Gasteiger partial charge in [0.25, 0.3) is 0 Å². The third kappa shape index (κ3) is 3.57. The van der Waals surface area contributed by atoms with Gasteiger partial charge in [-0.15, -0.1) is 11.3 Å². The van der Waals surface area contributed by atoms with Gasteiger partial charge in [-0.25, -0.2) is 8.78 Å². The zero-order valence-electron chi connectivity index (χ0n) is 12.2. The first kappa shape index (κ1) is 16.0. The Morgan fingerprint density at radius 1 is 1.35 bits per heavy atom. The summed E-state index contributed by atoms with van der Waals surface area (Å²) >= 11 is 1.45. The van der Waals surface area contributed by atoms with E-state index in [9.17, 15) is 13.6 Å². The van der Waals surface area contributed by atoms with Gasteiger partial charge in [-0.3, -0.25) is 4.79 Å². The number of hydrogen-bond acceptors (Lipinski definition) is 4. The Kier molecular flexibility index (Phi) is 4.70. The molecular weight excluding hydrogens is 322 g/mol. The summed E-state index contributed by atoms with van der Waals surface area (Å²) in [7, 11) is 0. The van der Waals surface area contributed by atoms with Crippen molar-refractivity contribution in [2.45, 2.75) is 25.1 Å². The monoisotopic (exact) mass is 338 g/mol. The van der Waals surface area contributed by atoms with Crippen LogP contribution in [0.4, 0.5) is 8.78 Å². The number of halogens is 2. The van der Waals surface area contributed by atoms with Gasteiger partial charge in [0, 0.05) is 29.5 Å². The van der Waals surface area contributed by atoms with Gasteiger partial charge in [-0.2, -0.15) is 0 Å².